The van der Waals surface area contributed by atoms with Crippen molar-refractivity contribution in [1.82, 2.24) is 0 Å². The topological polar surface area (TPSA) is 26.3 Å². The number of esters is 1. The van der Waals surface area contributed by atoms with Crippen molar-refractivity contribution in [3.8, 4) is 0 Å². The number of carbonyl (C=O) groups is 1. The molecule has 0 rings (SSSR count). The highest BCUT2D eigenvalue weighted by atomic mass is 16.6. The van der Waals surface area contributed by atoms with Crippen molar-refractivity contribution in [2.24, 2.45) is 0 Å². The van der Waals surface area contributed by atoms with Crippen molar-refractivity contribution < 1.29 is 9.53 Å². The predicted molar refractivity (Wildman–Crippen MR) is 114 cm³/mol. The largest absolute Gasteiger partial charge is 0.457 e. The molecule has 0 N–H and O–H groups in total. The zero-order valence-corrected chi connectivity index (χ0v) is 17.2. The third-order valence-electron chi connectivity index (χ3n) is 3.53. The molecule has 0 unspecified atom stereocenters. The van der Waals surface area contributed by atoms with Gasteiger partial charge in [-0.2, -0.15) is 0 Å². The normalized spacial score (nSPS) is 13.2. The summed E-state index contributed by atoms with van der Waals surface area (Å²) in [6, 6.07) is 0. The molecule has 0 aromatic heterocycles. The van der Waals surface area contributed by atoms with Gasteiger partial charge in [-0.1, -0.05) is 100 Å². The van der Waals surface area contributed by atoms with E-state index in [1.54, 1.807) is 6.08 Å². The van der Waals surface area contributed by atoms with E-state index in [1.165, 1.54) is 51.0 Å². The van der Waals surface area contributed by atoms with Gasteiger partial charge in [-0.3, -0.25) is 0 Å². The first-order chi connectivity index (χ1) is 12.5. The Labute approximate surface area is 161 Å². The first kappa shape index (κ1) is 24.2. The van der Waals surface area contributed by atoms with Crippen LogP contribution in [0.5, 0.6) is 0 Å². The first-order valence-corrected chi connectivity index (χ1v) is 10.0. The van der Waals surface area contributed by atoms with E-state index in [4.69, 9.17) is 4.74 Å². The number of unbranched alkanes of at least 4 members (excludes halogenated alkanes) is 7. The molecular weight excluding hydrogens is 320 g/mol. The highest BCUT2D eigenvalue weighted by molar-refractivity contribution is 5.82. The van der Waals surface area contributed by atoms with Crippen molar-refractivity contribution in [2.45, 2.75) is 84.7 Å². The molecule has 0 atom stereocenters. The smallest absolute Gasteiger partial charge is 0.331 e. The van der Waals surface area contributed by atoms with Crippen LogP contribution >= 0.6 is 0 Å². The maximum Gasteiger partial charge on any atom is 0.331 e. The van der Waals surface area contributed by atoms with Crippen LogP contribution in [0.3, 0.4) is 0 Å². The van der Waals surface area contributed by atoms with Gasteiger partial charge >= 0.3 is 5.97 Å². The standard InChI is InChI=1S/C24H38O2/c1-5-6-7-8-9-10-11-12-13-14-15-16-17-18-19-20-21-22-23(25)26-24(2,3)4/h13-22H,5-12H2,1-4H3. The summed E-state index contributed by atoms with van der Waals surface area (Å²) in [5.41, 5.74) is -0.446. The van der Waals surface area contributed by atoms with Crippen molar-refractivity contribution in [3.05, 3.63) is 60.8 Å². The molecule has 0 aliphatic rings. The van der Waals surface area contributed by atoms with Gasteiger partial charge in [-0.15, -0.1) is 0 Å². The summed E-state index contributed by atoms with van der Waals surface area (Å²) in [6.45, 7) is 7.82. The summed E-state index contributed by atoms with van der Waals surface area (Å²) in [5, 5.41) is 0. The zero-order chi connectivity index (χ0) is 19.5. The summed E-state index contributed by atoms with van der Waals surface area (Å²) in [4.78, 5) is 11.4. The lowest BCUT2D eigenvalue weighted by Gasteiger charge is -2.17. The van der Waals surface area contributed by atoms with E-state index < -0.39 is 5.60 Å². The third kappa shape index (κ3) is 20.2. The van der Waals surface area contributed by atoms with Crippen LogP contribution in [0.2, 0.25) is 0 Å². The van der Waals surface area contributed by atoms with Gasteiger partial charge in [-0.05, 0) is 33.6 Å². The molecule has 0 saturated carbocycles. The van der Waals surface area contributed by atoms with E-state index >= 15 is 0 Å². The van der Waals surface area contributed by atoms with E-state index in [0.29, 0.717) is 0 Å². The van der Waals surface area contributed by atoms with Gasteiger partial charge in [0.15, 0.2) is 0 Å². The van der Waals surface area contributed by atoms with E-state index in [-0.39, 0.29) is 5.97 Å². The highest BCUT2D eigenvalue weighted by Gasteiger charge is 2.13. The van der Waals surface area contributed by atoms with Crippen LogP contribution in [0.4, 0.5) is 0 Å². The van der Waals surface area contributed by atoms with Gasteiger partial charge in [0.2, 0.25) is 0 Å². The van der Waals surface area contributed by atoms with Crippen LogP contribution in [-0.2, 0) is 9.53 Å². The molecule has 0 aliphatic heterocycles. The van der Waals surface area contributed by atoms with Gasteiger partial charge in [0, 0.05) is 6.08 Å². The Bertz CT molecular complexity index is 485. The fraction of sp³-hybridized carbons (Fsp3) is 0.542. The summed E-state index contributed by atoms with van der Waals surface area (Å²) in [7, 11) is 0. The predicted octanol–water partition coefficient (Wildman–Crippen LogP) is 7.25. The minimum absolute atomic E-state index is 0.322. The molecule has 0 saturated heterocycles. The fourth-order valence-electron chi connectivity index (χ4n) is 2.25. The molecule has 2 nitrogen and oxygen atoms in total. The van der Waals surface area contributed by atoms with Gasteiger partial charge in [-0.25, -0.2) is 4.79 Å². The molecule has 0 heterocycles. The maximum absolute atomic E-state index is 11.4. The molecular formula is C24H38O2. The molecule has 0 aliphatic carbocycles. The number of hydrogen-bond donors (Lipinski definition) is 0. The van der Waals surface area contributed by atoms with Crippen molar-refractivity contribution in [2.75, 3.05) is 0 Å². The monoisotopic (exact) mass is 358 g/mol. The molecule has 2 heteroatoms. The molecule has 0 bridgehead atoms. The van der Waals surface area contributed by atoms with Gasteiger partial charge in [0.25, 0.3) is 0 Å². The summed E-state index contributed by atoms with van der Waals surface area (Å²) < 4.78 is 5.17. The van der Waals surface area contributed by atoms with Gasteiger partial charge in [0.05, 0.1) is 0 Å². The number of hydrogen-bond acceptors (Lipinski definition) is 2. The lowest BCUT2D eigenvalue weighted by molar-refractivity contribution is -0.148. The number of ether oxygens (including phenoxy) is 1. The van der Waals surface area contributed by atoms with Crippen LogP contribution in [0, 0.1) is 0 Å². The van der Waals surface area contributed by atoms with Crippen LogP contribution in [0.15, 0.2) is 60.8 Å². The molecule has 0 radical (unpaired) electrons. The molecule has 26 heavy (non-hydrogen) atoms. The Morgan fingerprint density at radius 2 is 1.23 bits per heavy atom. The van der Waals surface area contributed by atoms with Crippen molar-refractivity contribution in [1.29, 1.82) is 0 Å². The van der Waals surface area contributed by atoms with E-state index in [9.17, 15) is 4.79 Å². The van der Waals surface area contributed by atoms with E-state index in [2.05, 4.69) is 19.1 Å². The molecule has 0 aromatic rings. The summed E-state index contributed by atoms with van der Waals surface area (Å²) in [5.74, 6) is -0.322. The molecule has 146 valence electrons. The van der Waals surface area contributed by atoms with Crippen LogP contribution in [0.1, 0.15) is 79.1 Å². The first-order valence-electron chi connectivity index (χ1n) is 10.0. The van der Waals surface area contributed by atoms with Crippen LogP contribution in [-0.4, -0.2) is 11.6 Å². The highest BCUT2D eigenvalue weighted by Crippen LogP contribution is 2.08. The average Bonchev–Trinajstić information content (AvgIpc) is 2.56. The van der Waals surface area contributed by atoms with Gasteiger partial charge < -0.3 is 4.74 Å². The van der Waals surface area contributed by atoms with Crippen molar-refractivity contribution in [3.63, 3.8) is 0 Å². The average molecular weight is 359 g/mol. The quantitative estimate of drug-likeness (QED) is 0.150. The summed E-state index contributed by atoms with van der Waals surface area (Å²) in [6.07, 6.45) is 29.8. The van der Waals surface area contributed by atoms with Gasteiger partial charge in [0.1, 0.15) is 5.60 Å². The van der Waals surface area contributed by atoms with E-state index in [0.717, 1.165) is 6.42 Å². The number of allylic oxidation sites excluding steroid dienone is 9. The second kappa shape index (κ2) is 16.6. The minimum atomic E-state index is -0.446. The lowest BCUT2D eigenvalue weighted by Crippen LogP contribution is -2.22. The van der Waals surface area contributed by atoms with Crippen molar-refractivity contribution >= 4 is 5.97 Å². The second-order valence-electron chi connectivity index (χ2n) is 7.39. The second-order valence-corrected chi connectivity index (χ2v) is 7.39. The Hall–Kier alpha value is -1.83. The Morgan fingerprint density at radius 1 is 0.731 bits per heavy atom. The maximum atomic E-state index is 11.4. The Kier molecular flexibility index (Phi) is 15.5. The molecule has 0 aromatic carbocycles. The molecule has 0 spiro atoms. The Balaban J connectivity index is 3.70. The van der Waals surface area contributed by atoms with Crippen LogP contribution < -0.4 is 0 Å². The van der Waals surface area contributed by atoms with Crippen LogP contribution in [0.25, 0.3) is 0 Å². The molecule has 0 amide bonds. The molecule has 0 fully saturated rings. The van der Waals surface area contributed by atoms with E-state index in [1.807, 2.05) is 57.2 Å². The SMILES string of the molecule is CCCCCCCCCC=CC=CC=CC=CC=CC(=O)OC(C)(C)C. The number of rotatable bonds is 13. The fourth-order valence-corrected chi connectivity index (χ4v) is 2.25. The third-order valence-corrected chi connectivity index (χ3v) is 3.53. The number of carbonyl (C=O) groups excluding carboxylic acids is 1. The minimum Gasteiger partial charge on any atom is -0.457 e. The Morgan fingerprint density at radius 3 is 1.81 bits per heavy atom. The lowest BCUT2D eigenvalue weighted by atomic mass is 10.1. The zero-order valence-electron chi connectivity index (χ0n) is 17.2. The summed E-state index contributed by atoms with van der Waals surface area (Å²) >= 11 is 0.